The Morgan fingerprint density at radius 1 is 1.19 bits per heavy atom. The van der Waals surface area contributed by atoms with Crippen molar-refractivity contribution in [3.05, 3.63) is 60.2 Å². The molecule has 1 amide bonds. The van der Waals surface area contributed by atoms with Crippen LogP contribution < -0.4 is 5.32 Å². The standard InChI is InChI=1S/C14H9FN4OS/c15-11-5-1-3-9(7-11)12(20)17-14-19-18-13(21-14)10-4-2-6-16-8-10/h1-8H,(H,17,19,20). The summed E-state index contributed by atoms with van der Waals surface area (Å²) in [6, 6.07) is 9.10. The molecule has 2 aromatic heterocycles. The number of carbonyl (C=O) groups is 1. The zero-order valence-electron chi connectivity index (χ0n) is 10.7. The molecule has 3 rings (SSSR count). The van der Waals surface area contributed by atoms with Gasteiger partial charge in [0, 0.05) is 23.5 Å². The van der Waals surface area contributed by atoms with Gasteiger partial charge < -0.3 is 0 Å². The maximum absolute atomic E-state index is 13.1. The minimum atomic E-state index is -0.462. The van der Waals surface area contributed by atoms with Gasteiger partial charge in [0.2, 0.25) is 5.13 Å². The fraction of sp³-hybridized carbons (Fsp3) is 0. The number of aromatic nitrogens is 3. The van der Waals surface area contributed by atoms with E-state index < -0.39 is 11.7 Å². The number of benzene rings is 1. The van der Waals surface area contributed by atoms with Crippen molar-refractivity contribution in [1.29, 1.82) is 0 Å². The highest BCUT2D eigenvalue weighted by atomic mass is 32.1. The minimum absolute atomic E-state index is 0.230. The van der Waals surface area contributed by atoms with Crippen LogP contribution in [0.3, 0.4) is 0 Å². The van der Waals surface area contributed by atoms with Crippen molar-refractivity contribution in [2.75, 3.05) is 5.32 Å². The molecule has 1 aromatic carbocycles. The summed E-state index contributed by atoms with van der Waals surface area (Å²) >= 11 is 1.23. The molecule has 7 heteroatoms. The average Bonchev–Trinajstić information content (AvgIpc) is 2.97. The smallest absolute Gasteiger partial charge is 0.257 e. The van der Waals surface area contributed by atoms with Gasteiger partial charge in [0.05, 0.1) is 0 Å². The van der Waals surface area contributed by atoms with Crippen molar-refractivity contribution in [2.24, 2.45) is 0 Å². The molecule has 2 heterocycles. The summed E-state index contributed by atoms with van der Waals surface area (Å²) in [5.74, 6) is -0.889. The maximum Gasteiger partial charge on any atom is 0.257 e. The molecule has 0 atom stereocenters. The summed E-state index contributed by atoms with van der Waals surface area (Å²) in [6.45, 7) is 0. The number of nitrogens with one attached hydrogen (secondary N) is 1. The number of halogens is 1. The van der Waals surface area contributed by atoms with E-state index >= 15 is 0 Å². The van der Waals surface area contributed by atoms with Gasteiger partial charge in [-0.2, -0.15) is 0 Å². The van der Waals surface area contributed by atoms with E-state index in [1.807, 2.05) is 6.07 Å². The normalized spacial score (nSPS) is 10.3. The molecule has 5 nitrogen and oxygen atoms in total. The molecular weight excluding hydrogens is 291 g/mol. The second-order valence-corrected chi connectivity index (χ2v) is 5.10. The van der Waals surface area contributed by atoms with Crippen LogP contribution in [0, 0.1) is 5.82 Å². The second-order valence-electron chi connectivity index (χ2n) is 4.12. The molecule has 1 N–H and O–H groups in total. The van der Waals surface area contributed by atoms with Crippen LogP contribution in [0.4, 0.5) is 9.52 Å². The van der Waals surface area contributed by atoms with Crippen LogP contribution in [0.1, 0.15) is 10.4 Å². The molecule has 0 spiro atoms. The quantitative estimate of drug-likeness (QED) is 0.807. The van der Waals surface area contributed by atoms with Crippen molar-refractivity contribution in [3.8, 4) is 10.6 Å². The Bertz CT molecular complexity index is 775. The van der Waals surface area contributed by atoms with Crippen LogP contribution in [-0.4, -0.2) is 21.1 Å². The van der Waals surface area contributed by atoms with Gasteiger partial charge in [-0.1, -0.05) is 17.4 Å². The van der Waals surface area contributed by atoms with Crippen LogP contribution in [0.5, 0.6) is 0 Å². The molecular formula is C14H9FN4OS. The van der Waals surface area contributed by atoms with Crippen LogP contribution >= 0.6 is 11.3 Å². The van der Waals surface area contributed by atoms with E-state index in [9.17, 15) is 9.18 Å². The molecule has 0 aliphatic rings. The molecule has 0 unspecified atom stereocenters. The van der Waals surface area contributed by atoms with E-state index in [0.717, 1.165) is 5.56 Å². The van der Waals surface area contributed by atoms with Gasteiger partial charge in [-0.05, 0) is 30.3 Å². The minimum Gasteiger partial charge on any atom is -0.296 e. The SMILES string of the molecule is O=C(Nc1nnc(-c2cccnc2)s1)c1cccc(F)c1. The van der Waals surface area contributed by atoms with Crippen LogP contribution in [0.15, 0.2) is 48.8 Å². The third-order valence-electron chi connectivity index (χ3n) is 2.64. The predicted molar refractivity (Wildman–Crippen MR) is 77.5 cm³/mol. The number of carbonyl (C=O) groups excluding carboxylic acids is 1. The lowest BCUT2D eigenvalue weighted by molar-refractivity contribution is 0.102. The zero-order valence-corrected chi connectivity index (χ0v) is 11.5. The lowest BCUT2D eigenvalue weighted by Gasteiger charge is -2.00. The number of nitrogens with zero attached hydrogens (tertiary/aromatic N) is 3. The Labute approximate surface area is 123 Å². The summed E-state index contributed by atoms with van der Waals surface area (Å²) < 4.78 is 13.1. The molecule has 104 valence electrons. The number of pyridine rings is 1. The molecule has 0 aliphatic carbocycles. The first kappa shape index (κ1) is 13.3. The molecule has 0 fully saturated rings. The van der Waals surface area contributed by atoms with Crippen molar-refractivity contribution in [2.45, 2.75) is 0 Å². The average molecular weight is 300 g/mol. The molecule has 0 aliphatic heterocycles. The van der Waals surface area contributed by atoms with E-state index in [1.165, 1.54) is 35.6 Å². The van der Waals surface area contributed by atoms with Gasteiger partial charge in [0.25, 0.3) is 5.91 Å². The number of rotatable bonds is 3. The zero-order chi connectivity index (χ0) is 14.7. The van der Waals surface area contributed by atoms with Crippen LogP contribution in [0.2, 0.25) is 0 Å². The largest absolute Gasteiger partial charge is 0.296 e. The van der Waals surface area contributed by atoms with Gasteiger partial charge in [0.15, 0.2) is 5.01 Å². The van der Waals surface area contributed by atoms with Crippen LogP contribution in [-0.2, 0) is 0 Å². The fourth-order valence-electron chi connectivity index (χ4n) is 1.68. The monoisotopic (exact) mass is 300 g/mol. The summed E-state index contributed by atoms with van der Waals surface area (Å²) in [6.07, 6.45) is 3.33. The Morgan fingerprint density at radius 3 is 2.86 bits per heavy atom. The van der Waals surface area contributed by atoms with Crippen molar-refractivity contribution >= 4 is 22.4 Å². The van der Waals surface area contributed by atoms with Gasteiger partial charge in [0.1, 0.15) is 5.82 Å². The Kier molecular flexibility index (Phi) is 3.65. The summed E-state index contributed by atoms with van der Waals surface area (Å²) in [5.41, 5.74) is 1.05. The van der Waals surface area contributed by atoms with E-state index in [0.29, 0.717) is 10.1 Å². The molecule has 0 radical (unpaired) electrons. The summed E-state index contributed by atoms with van der Waals surface area (Å²) in [4.78, 5) is 16.0. The first-order valence-corrected chi connectivity index (χ1v) is 6.85. The van der Waals surface area contributed by atoms with E-state index in [1.54, 1.807) is 18.5 Å². The van der Waals surface area contributed by atoms with Crippen molar-refractivity contribution in [3.63, 3.8) is 0 Å². The first-order chi connectivity index (χ1) is 10.2. The lowest BCUT2D eigenvalue weighted by Crippen LogP contribution is -2.11. The molecule has 21 heavy (non-hydrogen) atoms. The molecule has 0 bridgehead atoms. The number of amides is 1. The second kappa shape index (κ2) is 5.76. The summed E-state index contributed by atoms with van der Waals surface area (Å²) in [7, 11) is 0. The van der Waals surface area contributed by atoms with Gasteiger partial charge in [-0.25, -0.2) is 4.39 Å². The highest BCUT2D eigenvalue weighted by Gasteiger charge is 2.11. The van der Waals surface area contributed by atoms with Gasteiger partial charge in [-0.15, -0.1) is 10.2 Å². The molecule has 3 aromatic rings. The van der Waals surface area contributed by atoms with E-state index in [-0.39, 0.29) is 5.56 Å². The first-order valence-electron chi connectivity index (χ1n) is 6.03. The van der Waals surface area contributed by atoms with Crippen molar-refractivity contribution in [1.82, 2.24) is 15.2 Å². The number of hydrogen-bond acceptors (Lipinski definition) is 5. The highest BCUT2D eigenvalue weighted by Crippen LogP contribution is 2.25. The third-order valence-corrected chi connectivity index (χ3v) is 3.53. The Morgan fingerprint density at radius 2 is 2.10 bits per heavy atom. The fourth-order valence-corrected chi connectivity index (χ4v) is 2.41. The van der Waals surface area contributed by atoms with E-state index in [2.05, 4.69) is 20.5 Å². The molecule has 0 saturated carbocycles. The highest BCUT2D eigenvalue weighted by molar-refractivity contribution is 7.18. The lowest BCUT2D eigenvalue weighted by atomic mass is 10.2. The number of hydrogen-bond donors (Lipinski definition) is 1. The van der Waals surface area contributed by atoms with E-state index in [4.69, 9.17) is 0 Å². The molecule has 0 saturated heterocycles. The Balaban J connectivity index is 1.77. The topological polar surface area (TPSA) is 67.8 Å². The Hall–Kier alpha value is -2.67. The van der Waals surface area contributed by atoms with Gasteiger partial charge in [-0.3, -0.25) is 15.1 Å². The number of anilines is 1. The van der Waals surface area contributed by atoms with Crippen LogP contribution in [0.25, 0.3) is 10.6 Å². The predicted octanol–water partition coefficient (Wildman–Crippen LogP) is 2.99. The third kappa shape index (κ3) is 3.09. The van der Waals surface area contributed by atoms with Crippen molar-refractivity contribution < 1.29 is 9.18 Å². The summed E-state index contributed by atoms with van der Waals surface area (Å²) in [5, 5.41) is 11.5. The maximum atomic E-state index is 13.1. The van der Waals surface area contributed by atoms with Gasteiger partial charge >= 0.3 is 0 Å².